The van der Waals surface area contributed by atoms with Gasteiger partial charge in [-0.2, -0.15) is 0 Å². The molecular weight excluding hydrogens is 159 g/mol. The molecule has 1 rings (SSSR count). The van der Waals surface area contributed by atoms with Gasteiger partial charge < -0.3 is 9.90 Å². The molecule has 1 aromatic rings. The van der Waals surface area contributed by atoms with Crippen molar-refractivity contribution in [3.8, 4) is 0 Å². The van der Waals surface area contributed by atoms with Crippen molar-refractivity contribution in [3.63, 3.8) is 0 Å². The molecule has 64 valence electrons. The zero-order valence-electron chi connectivity index (χ0n) is 8.04. The molecule has 0 aliphatic heterocycles. The summed E-state index contributed by atoms with van der Waals surface area (Å²) in [6.07, 6.45) is 1.94. The Balaban J connectivity index is 0.00000144. The largest absolute Gasteiger partial charge is 1.00 e. The van der Waals surface area contributed by atoms with Crippen molar-refractivity contribution in [1.82, 2.24) is 0 Å². The Morgan fingerprint density at radius 2 is 2.15 bits per heavy atom. The van der Waals surface area contributed by atoms with E-state index >= 15 is 0 Å². The van der Waals surface area contributed by atoms with Gasteiger partial charge in [-0.1, -0.05) is 31.5 Å². The van der Waals surface area contributed by atoms with Gasteiger partial charge in [-0.15, -0.1) is 0 Å². The monoisotopic (exact) mass is 170 g/mol. The smallest absolute Gasteiger partial charge is 0.545 e. The van der Waals surface area contributed by atoms with Crippen LogP contribution >= 0.6 is 0 Å². The molecule has 0 atom stereocenters. The van der Waals surface area contributed by atoms with Crippen LogP contribution < -0.4 is 24.0 Å². The van der Waals surface area contributed by atoms with Crippen molar-refractivity contribution in [3.05, 3.63) is 35.4 Å². The number of benzene rings is 1. The van der Waals surface area contributed by atoms with E-state index < -0.39 is 5.97 Å². The van der Waals surface area contributed by atoms with Crippen molar-refractivity contribution in [2.45, 2.75) is 19.8 Å². The van der Waals surface area contributed by atoms with Crippen molar-refractivity contribution in [2.24, 2.45) is 0 Å². The van der Waals surface area contributed by atoms with Crippen molar-refractivity contribution in [1.29, 1.82) is 0 Å². The third kappa shape index (κ3) is 3.67. The van der Waals surface area contributed by atoms with E-state index in [2.05, 4.69) is 6.92 Å². The minimum atomic E-state index is -1.10. The number of carboxylic acids is 1. The Morgan fingerprint density at radius 1 is 1.46 bits per heavy atom. The first kappa shape index (κ1) is 12.3. The third-order valence-corrected chi connectivity index (χ3v) is 1.70. The van der Waals surface area contributed by atoms with Crippen molar-refractivity contribution < 1.29 is 28.8 Å². The zero-order chi connectivity index (χ0) is 8.97. The van der Waals surface area contributed by atoms with E-state index in [0.29, 0.717) is 0 Å². The van der Waals surface area contributed by atoms with E-state index in [1.165, 1.54) is 0 Å². The summed E-state index contributed by atoms with van der Waals surface area (Å²) in [6, 6.07) is 6.89. The fraction of sp³-hybridized carbons (Fsp3) is 0.300. The van der Waals surface area contributed by atoms with Crippen molar-refractivity contribution >= 4 is 5.97 Å². The second kappa shape index (κ2) is 5.85. The van der Waals surface area contributed by atoms with E-state index in [1.807, 2.05) is 6.07 Å². The van der Waals surface area contributed by atoms with Gasteiger partial charge in [0, 0.05) is 0 Å². The summed E-state index contributed by atoms with van der Waals surface area (Å²) in [6.45, 7) is 2.06. The number of hydrogen-bond donors (Lipinski definition) is 0. The molecule has 0 spiro atoms. The summed E-state index contributed by atoms with van der Waals surface area (Å²) in [4.78, 5) is 10.4. The molecule has 3 heteroatoms. The van der Waals surface area contributed by atoms with Crippen LogP contribution in [-0.2, 0) is 6.42 Å². The van der Waals surface area contributed by atoms with Crippen LogP contribution in [0, 0.1) is 0 Å². The third-order valence-electron chi connectivity index (χ3n) is 1.70. The molecule has 0 aliphatic rings. The molecule has 0 N–H and O–H groups in total. The zero-order valence-corrected chi connectivity index (χ0v) is 8.04. The molecule has 0 aromatic heterocycles. The first-order valence-electron chi connectivity index (χ1n) is 4.04. The van der Waals surface area contributed by atoms with E-state index in [9.17, 15) is 9.90 Å². The van der Waals surface area contributed by atoms with Crippen LogP contribution in [0.15, 0.2) is 24.3 Å². The van der Waals surface area contributed by atoms with E-state index in [0.717, 1.165) is 18.4 Å². The summed E-state index contributed by atoms with van der Waals surface area (Å²) < 4.78 is 0. The molecule has 1 aromatic carbocycles. The summed E-state index contributed by atoms with van der Waals surface area (Å²) in [7, 11) is 0. The predicted molar refractivity (Wildman–Crippen MR) is 44.8 cm³/mol. The fourth-order valence-electron chi connectivity index (χ4n) is 1.14. The van der Waals surface area contributed by atoms with Gasteiger partial charge in [0.15, 0.2) is 0 Å². The fourth-order valence-corrected chi connectivity index (χ4v) is 1.14. The molecule has 0 bridgehead atoms. The number of hydrogen-bond acceptors (Lipinski definition) is 2. The molecule has 0 saturated heterocycles. The number of carbonyl (C=O) groups excluding carboxylic acids is 1. The average molecular weight is 170 g/mol. The molecule has 0 aliphatic carbocycles. The molecule has 0 heterocycles. The normalized spacial score (nSPS) is 9.00. The van der Waals surface area contributed by atoms with E-state index in [4.69, 9.17) is 0 Å². The van der Waals surface area contributed by atoms with Crippen LogP contribution in [0.25, 0.3) is 0 Å². The summed E-state index contributed by atoms with van der Waals surface area (Å²) in [5.74, 6) is -1.10. The Labute approximate surface area is 90.1 Å². The quantitative estimate of drug-likeness (QED) is 0.492. The van der Waals surface area contributed by atoms with Gasteiger partial charge in [0.2, 0.25) is 0 Å². The van der Waals surface area contributed by atoms with Crippen LogP contribution in [0.4, 0.5) is 0 Å². The molecule has 13 heavy (non-hydrogen) atoms. The van der Waals surface area contributed by atoms with E-state index in [1.54, 1.807) is 18.2 Å². The molecule has 2 nitrogen and oxygen atoms in total. The van der Waals surface area contributed by atoms with Crippen molar-refractivity contribution in [2.75, 3.05) is 0 Å². The van der Waals surface area contributed by atoms with Gasteiger partial charge >= 0.3 is 18.9 Å². The molecule has 0 fully saturated rings. The number of carboxylic acid groups (broad SMARTS) is 1. The van der Waals surface area contributed by atoms with Gasteiger partial charge in [0.05, 0.1) is 5.97 Å². The van der Waals surface area contributed by atoms with Gasteiger partial charge in [-0.25, -0.2) is 0 Å². The number of aryl methyl sites for hydroxylation is 1. The first-order chi connectivity index (χ1) is 5.74. The summed E-state index contributed by atoms with van der Waals surface area (Å²) in [5, 5.41) is 10.4. The minimum absolute atomic E-state index is 0. The van der Waals surface area contributed by atoms with E-state index in [-0.39, 0.29) is 24.4 Å². The summed E-state index contributed by atoms with van der Waals surface area (Å²) >= 11 is 0. The number of aromatic carboxylic acids is 1. The number of rotatable bonds is 3. The topological polar surface area (TPSA) is 40.1 Å². The molecule has 0 radical (unpaired) electrons. The Kier molecular flexibility index (Phi) is 5.53. The maximum Gasteiger partial charge on any atom is 1.00 e. The van der Waals surface area contributed by atoms with Crippen LogP contribution in [-0.4, -0.2) is 5.97 Å². The predicted octanol–water partition coefficient (Wildman–Crippen LogP) is -1.99. The van der Waals surface area contributed by atoms with Crippen LogP contribution in [0.3, 0.4) is 0 Å². The first-order valence-corrected chi connectivity index (χ1v) is 4.04. The van der Waals surface area contributed by atoms with Crippen LogP contribution in [0.5, 0.6) is 0 Å². The molecule has 0 unspecified atom stereocenters. The Bertz CT molecular complexity index is 284. The maximum atomic E-state index is 10.4. The van der Waals surface area contributed by atoms with Gasteiger partial charge in [-0.05, 0) is 23.6 Å². The van der Waals surface area contributed by atoms with Gasteiger partial charge in [0.25, 0.3) is 0 Å². The standard InChI is InChI=1S/C10H12O2.Li/c1-2-4-8-5-3-6-9(7-8)10(11)12;/h3,5-7H,2,4H2,1H3,(H,11,12);/q;+1/p-1. The second-order valence-electron chi connectivity index (χ2n) is 2.74. The summed E-state index contributed by atoms with van der Waals surface area (Å²) in [5.41, 5.74) is 1.32. The van der Waals surface area contributed by atoms with Gasteiger partial charge in [-0.3, -0.25) is 0 Å². The number of carbonyl (C=O) groups is 1. The molecule has 0 amide bonds. The Morgan fingerprint density at radius 3 is 2.69 bits per heavy atom. The van der Waals surface area contributed by atoms with Crippen LogP contribution in [0.2, 0.25) is 0 Å². The minimum Gasteiger partial charge on any atom is -0.545 e. The Hall–Kier alpha value is -0.713. The maximum absolute atomic E-state index is 10.4. The molecular formula is C10H11LiO2. The average Bonchev–Trinajstić information content (AvgIpc) is 2.05. The SMILES string of the molecule is CCCc1cccc(C(=O)[O-])c1.[Li+]. The van der Waals surface area contributed by atoms with Crippen LogP contribution in [0.1, 0.15) is 29.3 Å². The van der Waals surface area contributed by atoms with Gasteiger partial charge in [0.1, 0.15) is 0 Å². The second-order valence-corrected chi connectivity index (χ2v) is 2.74. The molecule has 0 saturated carbocycles.